The van der Waals surface area contributed by atoms with Gasteiger partial charge in [-0.1, -0.05) is 36.4 Å². The van der Waals surface area contributed by atoms with Crippen molar-refractivity contribution in [3.63, 3.8) is 0 Å². The minimum atomic E-state index is -1.80. The molecule has 0 heterocycles. The SMILES string of the molecule is OB(O)Oc1cccc2cc3ccccc3cc12.[H-].[Na+]. The van der Waals surface area contributed by atoms with Gasteiger partial charge in [0.25, 0.3) is 0 Å². The zero-order valence-electron chi connectivity index (χ0n) is 11.6. The molecule has 2 N–H and O–H groups in total. The smallest absolute Gasteiger partial charge is 1.00 e. The van der Waals surface area contributed by atoms with Crippen molar-refractivity contribution in [3.05, 3.63) is 54.6 Å². The Morgan fingerprint density at radius 2 is 1.47 bits per heavy atom. The van der Waals surface area contributed by atoms with Crippen LogP contribution in [0.15, 0.2) is 54.6 Å². The molecule has 0 spiro atoms. The summed E-state index contributed by atoms with van der Waals surface area (Å²) in [5.41, 5.74) is 0. The van der Waals surface area contributed by atoms with Crippen molar-refractivity contribution >= 4 is 28.9 Å². The minimum Gasteiger partial charge on any atom is -1.00 e. The predicted octanol–water partition coefficient (Wildman–Crippen LogP) is -0.542. The Morgan fingerprint density at radius 3 is 2.16 bits per heavy atom. The molecule has 5 heteroatoms. The minimum absolute atomic E-state index is 0. The first-order valence-corrected chi connectivity index (χ1v) is 5.68. The third-order valence-corrected chi connectivity index (χ3v) is 2.94. The largest absolute Gasteiger partial charge is 1.00 e. The standard InChI is InChI=1S/C14H11BO3.Na.H/c16-15(17)18-14-7-3-6-12-8-10-4-1-2-5-11(10)9-13(12)14;;/h1-9,16-17H;;/q;+1;-1. The Bertz CT molecular complexity index is 721. The summed E-state index contributed by atoms with van der Waals surface area (Å²) in [5, 5.41) is 21.9. The first-order valence-electron chi connectivity index (χ1n) is 5.68. The Balaban J connectivity index is 0.000001000. The van der Waals surface area contributed by atoms with Crippen LogP contribution in [-0.2, 0) is 0 Å². The van der Waals surface area contributed by atoms with E-state index in [1.807, 2.05) is 42.5 Å². The normalized spacial score (nSPS) is 10.2. The molecular weight excluding hydrogens is 250 g/mol. The molecule has 3 aromatic rings. The molecule has 0 atom stereocenters. The van der Waals surface area contributed by atoms with Crippen molar-refractivity contribution in [2.24, 2.45) is 0 Å². The van der Waals surface area contributed by atoms with Crippen LogP contribution in [0.3, 0.4) is 0 Å². The number of hydrogen-bond donors (Lipinski definition) is 2. The molecule has 0 unspecified atom stereocenters. The van der Waals surface area contributed by atoms with E-state index in [0.717, 1.165) is 21.5 Å². The quantitative estimate of drug-likeness (QED) is 0.481. The molecule has 0 aliphatic heterocycles. The van der Waals surface area contributed by atoms with E-state index >= 15 is 0 Å². The first kappa shape index (κ1) is 14.4. The first-order chi connectivity index (χ1) is 8.74. The molecule has 19 heavy (non-hydrogen) atoms. The van der Waals surface area contributed by atoms with Crippen molar-refractivity contribution in [2.45, 2.75) is 0 Å². The molecule has 0 bridgehead atoms. The van der Waals surface area contributed by atoms with Crippen LogP contribution < -0.4 is 34.2 Å². The van der Waals surface area contributed by atoms with E-state index in [9.17, 15) is 0 Å². The van der Waals surface area contributed by atoms with Crippen LogP contribution in [0.2, 0.25) is 0 Å². The van der Waals surface area contributed by atoms with Gasteiger partial charge in [0.15, 0.2) is 0 Å². The van der Waals surface area contributed by atoms with Gasteiger partial charge >= 0.3 is 36.9 Å². The van der Waals surface area contributed by atoms with Crippen LogP contribution in [0, 0.1) is 0 Å². The zero-order valence-corrected chi connectivity index (χ0v) is 12.6. The van der Waals surface area contributed by atoms with Crippen molar-refractivity contribution in [2.75, 3.05) is 0 Å². The van der Waals surface area contributed by atoms with Crippen molar-refractivity contribution in [3.8, 4) is 5.75 Å². The van der Waals surface area contributed by atoms with E-state index in [2.05, 4.69) is 6.07 Å². The zero-order chi connectivity index (χ0) is 12.5. The number of fused-ring (bicyclic) bond motifs is 2. The summed E-state index contributed by atoms with van der Waals surface area (Å²) in [6, 6.07) is 17.6. The fraction of sp³-hybridized carbons (Fsp3) is 0. The van der Waals surface area contributed by atoms with Crippen LogP contribution in [0.25, 0.3) is 21.5 Å². The molecule has 90 valence electrons. The molecule has 0 aliphatic rings. The van der Waals surface area contributed by atoms with Crippen LogP contribution in [-0.4, -0.2) is 17.4 Å². The Hall–Kier alpha value is -1.04. The van der Waals surface area contributed by atoms with Crippen LogP contribution in [0.4, 0.5) is 0 Å². The average Bonchev–Trinajstić information content (AvgIpc) is 2.36. The third kappa shape index (κ3) is 2.94. The van der Waals surface area contributed by atoms with E-state index in [-0.39, 0.29) is 31.0 Å². The van der Waals surface area contributed by atoms with E-state index in [1.165, 1.54) is 0 Å². The van der Waals surface area contributed by atoms with Crippen LogP contribution in [0.1, 0.15) is 1.43 Å². The molecule has 3 nitrogen and oxygen atoms in total. The van der Waals surface area contributed by atoms with Gasteiger partial charge < -0.3 is 16.1 Å². The maximum Gasteiger partial charge on any atom is 1.00 e. The van der Waals surface area contributed by atoms with Gasteiger partial charge in [0.2, 0.25) is 0 Å². The molecule has 0 aromatic heterocycles. The summed E-state index contributed by atoms with van der Waals surface area (Å²) in [6.07, 6.45) is 0. The van der Waals surface area contributed by atoms with Crippen LogP contribution in [0.5, 0.6) is 5.75 Å². The van der Waals surface area contributed by atoms with Gasteiger partial charge in [-0.2, -0.15) is 0 Å². The van der Waals surface area contributed by atoms with E-state index < -0.39 is 7.32 Å². The van der Waals surface area contributed by atoms with Gasteiger partial charge in [-0.05, 0) is 34.4 Å². The molecule has 0 radical (unpaired) electrons. The number of rotatable bonds is 2. The molecule has 0 aliphatic carbocycles. The van der Waals surface area contributed by atoms with Gasteiger partial charge in [-0.15, -0.1) is 0 Å². The second kappa shape index (κ2) is 5.95. The van der Waals surface area contributed by atoms with Gasteiger partial charge in [0.05, 0.1) is 0 Å². The maximum absolute atomic E-state index is 8.91. The monoisotopic (exact) mass is 262 g/mol. The van der Waals surface area contributed by atoms with Gasteiger partial charge in [0.1, 0.15) is 5.75 Å². The third-order valence-electron chi connectivity index (χ3n) is 2.94. The molecule has 0 saturated carbocycles. The van der Waals surface area contributed by atoms with Crippen molar-refractivity contribution in [1.82, 2.24) is 0 Å². The number of benzene rings is 3. The fourth-order valence-corrected chi connectivity index (χ4v) is 2.15. The van der Waals surface area contributed by atoms with E-state index in [4.69, 9.17) is 14.7 Å². The topological polar surface area (TPSA) is 49.7 Å². The maximum atomic E-state index is 8.91. The molecular formula is C14H12BNaO3. The van der Waals surface area contributed by atoms with Crippen molar-refractivity contribution in [1.29, 1.82) is 0 Å². The second-order valence-electron chi connectivity index (χ2n) is 4.12. The summed E-state index contributed by atoms with van der Waals surface area (Å²) < 4.78 is 4.99. The summed E-state index contributed by atoms with van der Waals surface area (Å²) in [5.74, 6) is 0.466. The molecule has 0 fully saturated rings. The van der Waals surface area contributed by atoms with E-state index in [1.54, 1.807) is 6.07 Å². The predicted molar refractivity (Wildman–Crippen MR) is 73.4 cm³/mol. The molecule has 0 saturated heterocycles. The molecule has 3 rings (SSSR count). The summed E-state index contributed by atoms with van der Waals surface area (Å²) >= 11 is 0. The van der Waals surface area contributed by atoms with Crippen molar-refractivity contribution < 1.29 is 45.7 Å². The Labute approximate surface area is 134 Å². The Morgan fingerprint density at radius 1 is 0.842 bits per heavy atom. The summed E-state index contributed by atoms with van der Waals surface area (Å²) in [6.45, 7) is 0. The van der Waals surface area contributed by atoms with E-state index in [0.29, 0.717) is 5.75 Å². The summed E-state index contributed by atoms with van der Waals surface area (Å²) in [4.78, 5) is 0. The molecule has 0 amide bonds. The fourth-order valence-electron chi connectivity index (χ4n) is 2.15. The van der Waals surface area contributed by atoms with Gasteiger partial charge in [-0.3, -0.25) is 0 Å². The van der Waals surface area contributed by atoms with Gasteiger partial charge in [-0.25, -0.2) is 0 Å². The average molecular weight is 262 g/mol. The summed E-state index contributed by atoms with van der Waals surface area (Å²) in [7, 11) is -1.80. The second-order valence-corrected chi connectivity index (χ2v) is 4.12. The van der Waals surface area contributed by atoms with Gasteiger partial charge in [0, 0.05) is 5.39 Å². The molecule has 3 aromatic carbocycles. The Kier molecular flexibility index (Phi) is 4.50. The van der Waals surface area contributed by atoms with Crippen LogP contribution >= 0.6 is 0 Å². The number of hydrogen-bond acceptors (Lipinski definition) is 3.